The summed E-state index contributed by atoms with van der Waals surface area (Å²) in [6, 6.07) is 19.2. The number of halogens is 1. The van der Waals surface area contributed by atoms with Crippen molar-refractivity contribution in [1.29, 1.82) is 0 Å². The summed E-state index contributed by atoms with van der Waals surface area (Å²) >= 11 is 6.07. The van der Waals surface area contributed by atoms with Crippen LogP contribution in [0.1, 0.15) is 43.9 Å². The van der Waals surface area contributed by atoms with Crippen LogP contribution in [0.3, 0.4) is 0 Å². The standard InChI is InChI=1S/C19H24ClN/c1-3-16(4-2)19(17-10-6-5-7-11-17)21-14-15-9-8-12-18(20)13-15/h5-13,16,19,21H,3-4,14H2,1-2H3. The maximum Gasteiger partial charge on any atom is 0.0409 e. The molecule has 0 radical (unpaired) electrons. The Balaban J connectivity index is 2.13. The highest BCUT2D eigenvalue weighted by atomic mass is 35.5. The van der Waals surface area contributed by atoms with Gasteiger partial charge in [-0.1, -0.05) is 80.8 Å². The van der Waals surface area contributed by atoms with Crippen LogP contribution in [0, 0.1) is 5.92 Å². The fourth-order valence-electron chi connectivity index (χ4n) is 2.85. The van der Waals surface area contributed by atoms with E-state index in [1.807, 2.05) is 18.2 Å². The van der Waals surface area contributed by atoms with E-state index in [2.05, 4.69) is 55.6 Å². The first-order valence-electron chi connectivity index (χ1n) is 7.77. The van der Waals surface area contributed by atoms with Gasteiger partial charge in [-0.25, -0.2) is 0 Å². The van der Waals surface area contributed by atoms with Crippen molar-refractivity contribution in [3.05, 3.63) is 70.7 Å². The van der Waals surface area contributed by atoms with Crippen LogP contribution in [-0.4, -0.2) is 0 Å². The fourth-order valence-corrected chi connectivity index (χ4v) is 3.06. The smallest absolute Gasteiger partial charge is 0.0409 e. The molecule has 0 aromatic heterocycles. The zero-order valence-electron chi connectivity index (χ0n) is 12.9. The van der Waals surface area contributed by atoms with Gasteiger partial charge >= 0.3 is 0 Å². The highest BCUT2D eigenvalue weighted by Gasteiger charge is 2.19. The Kier molecular flexibility index (Phi) is 6.28. The highest BCUT2D eigenvalue weighted by Crippen LogP contribution is 2.27. The van der Waals surface area contributed by atoms with E-state index in [1.54, 1.807) is 0 Å². The quantitative estimate of drug-likeness (QED) is 0.701. The third-order valence-corrected chi connectivity index (χ3v) is 4.33. The van der Waals surface area contributed by atoms with Gasteiger partial charge in [-0.05, 0) is 29.2 Å². The molecule has 0 spiro atoms. The summed E-state index contributed by atoms with van der Waals surface area (Å²) in [5, 5.41) is 4.52. The maximum atomic E-state index is 6.07. The lowest BCUT2D eigenvalue weighted by atomic mass is 9.88. The number of benzene rings is 2. The average Bonchev–Trinajstić information content (AvgIpc) is 2.52. The van der Waals surface area contributed by atoms with Crippen molar-refractivity contribution < 1.29 is 0 Å². The molecule has 2 heteroatoms. The van der Waals surface area contributed by atoms with Crippen LogP contribution in [0.2, 0.25) is 5.02 Å². The largest absolute Gasteiger partial charge is 0.306 e. The molecule has 0 saturated heterocycles. The Bertz CT molecular complexity index is 534. The Morgan fingerprint density at radius 2 is 1.67 bits per heavy atom. The molecule has 0 saturated carbocycles. The van der Waals surface area contributed by atoms with Crippen molar-refractivity contribution in [2.45, 2.75) is 39.3 Å². The zero-order chi connectivity index (χ0) is 15.1. The monoisotopic (exact) mass is 301 g/mol. The molecule has 21 heavy (non-hydrogen) atoms. The van der Waals surface area contributed by atoms with Crippen LogP contribution in [0.15, 0.2) is 54.6 Å². The molecule has 2 aromatic rings. The van der Waals surface area contributed by atoms with Gasteiger partial charge in [0.15, 0.2) is 0 Å². The predicted molar refractivity (Wildman–Crippen MR) is 91.5 cm³/mol. The third kappa shape index (κ3) is 4.59. The molecule has 0 aliphatic rings. The van der Waals surface area contributed by atoms with Gasteiger partial charge in [0.25, 0.3) is 0 Å². The van der Waals surface area contributed by atoms with Crippen LogP contribution in [-0.2, 0) is 6.54 Å². The molecule has 112 valence electrons. The van der Waals surface area contributed by atoms with Crippen LogP contribution in [0.4, 0.5) is 0 Å². The number of nitrogens with one attached hydrogen (secondary N) is 1. The molecular formula is C19H24ClN. The lowest BCUT2D eigenvalue weighted by Crippen LogP contribution is -2.27. The first-order chi connectivity index (χ1) is 10.2. The van der Waals surface area contributed by atoms with Crippen LogP contribution >= 0.6 is 11.6 Å². The van der Waals surface area contributed by atoms with E-state index in [0.29, 0.717) is 12.0 Å². The minimum absolute atomic E-state index is 0.389. The van der Waals surface area contributed by atoms with E-state index in [1.165, 1.54) is 24.0 Å². The molecule has 2 rings (SSSR count). The predicted octanol–water partition coefficient (Wildman–Crippen LogP) is 5.61. The second kappa shape index (κ2) is 8.21. The van der Waals surface area contributed by atoms with Gasteiger partial charge in [0, 0.05) is 17.6 Å². The summed E-state index contributed by atoms with van der Waals surface area (Å²) in [6.07, 6.45) is 2.36. The number of hydrogen-bond acceptors (Lipinski definition) is 1. The molecule has 0 amide bonds. The molecule has 0 heterocycles. The summed E-state index contributed by atoms with van der Waals surface area (Å²) in [7, 11) is 0. The second-order valence-corrected chi connectivity index (χ2v) is 5.91. The minimum Gasteiger partial charge on any atom is -0.306 e. The van der Waals surface area contributed by atoms with Crippen LogP contribution in [0.5, 0.6) is 0 Å². The molecule has 1 N–H and O–H groups in total. The van der Waals surface area contributed by atoms with Crippen LogP contribution in [0.25, 0.3) is 0 Å². The second-order valence-electron chi connectivity index (χ2n) is 5.48. The van der Waals surface area contributed by atoms with E-state index < -0.39 is 0 Å². The highest BCUT2D eigenvalue weighted by molar-refractivity contribution is 6.30. The summed E-state index contributed by atoms with van der Waals surface area (Å²) in [4.78, 5) is 0. The first kappa shape index (κ1) is 16.1. The van der Waals surface area contributed by atoms with Crippen molar-refractivity contribution in [2.75, 3.05) is 0 Å². The van der Waals surface area contributed by atoms with Gasteiger partial charge in [0.1, 0.15) is 0 Å². The van der Waals surface area contributed by atoms with Gasteiger partial charge in [0.2, 0.25) is 0 Å². The van der Waals surface area contributed by atoms with Gasteiger partial charge in [0.05, 0.1) is 0 Å². The molecule has 0 bridgehead atoms. The fraction of sp³-hybridized carbons (Fsp3) is 0.368. The van der Waals surface area contributed by atoms with Gasteiger partial charge in [-0.2, -0.15) is 0 Å². The first-order valence-corrected chi connectivity index (χ1v) is 8.15. The lowest BCUT2D eigenvalue weighted by molar-refractivity contribution is 0.339. The van der Waals surface area contributed by atoms with Crippen molar-refractivity contribution in [2.24, 2.45) is 5.92 Å². The van der Waals surface area contributed by atoms with Crippen molar-refractivity contribution >= 4 is 11.6 Å². The zero-order valence-corrected chi connectivity index (χ0v) is 13.6. The molecular weight excluding hydrogens is 278 g/mol. The normalized spacial score (nSPS) is 12.6. The summed E-state index contributed by atoms with van der Waals surface area (Å²) in [5.74, 6) is 0.645. The minimum atomic E-state index is 0.389. The SMILES string of the molecule is CCC(CC)C(NCc1cccc(Cl)c1)c1ccccc1. The van der Waals surface area contributed by atoms with Gasteiger partial charge in [-0.15, -0.1) is 0 Å². The van der Waals surface area contributed by atoms with Gasteiger partial charge in [-0.3, -0.25) is 0 Å². The topological polar surface area (TPSA) is 12.0 Å². The van der Waals surface area contributed by atoms with Gasteiger partial charge < -0.3 is 5.32 Å². The van der Waals surface area contributed by atoms with Crippen molar-refractivity contribution in [3.8, 4) is 0 Å². The lowest BCUT2D eigenvalue weighted by Gasteiger charge is -2.27. The molecule has 0 aliphatic heterocycles. The molecule has 1 atom stereocenters. The molecule has 2 aromatic carbocycles. The number of hydrogen-bond donors (Lipinski definition) is 1. The van der Waals surface area contributed by atoms with E-state index in [9.17, 15) is 0 Å². The summed E-state index contributed by atoms with van der Waals surface area (Å²) in [5.41, 5.74) is 2.60. The van der Waals surface area contributed by atoms with E-state index >= 15 is 0 Å². The Morgan fingerprint density at radius 1 is 0.952 bits per heavy atom. The van der Waals surface area contributed by atoms with E-state index in [-0.39, 0.29) is 0 Å². The molecule has 0 fully saturated rings. The molecule has 1 unspecified atom stereocenters. The Labute approximate surface area is 133 Å². The van der Waals surface area contributed by atoms with Crippen LogP contribution < -0.4 is 5.32 Å². The molecule has 1 nitrogen and oxygen atoms in total. The summed E-state index contributed by atoms with van der Waals surface area (Å²) < 4.78 is 0. The maximum absolute atomic E-state index is 6.07. The van der Waals surface area contributed by atoms with E-state index in [0.717, 1.165) is 11.6 Å². The van der Waals surface area contributed by atoms with Crippen molar-refractivity contribution in [1.82, 2.24) is 5.32 Å². The van der Waals surface area contributed by atoms with Crippen molar-refractivity contribution in [3.63, 3.8) is 0 Å². The Hall–Kier alpha value is -1.31. The summed E-state index contributed by atoms with van der Waals surface area (Å²) in [6.45, 7) is 5.38. The third-order valence-electron chi connectivity index (χ3n) is 4.09. The molecule has 0 aliphatic carbocycles. The number of rotatable bonds is 7. The average molecular weight is 302 g/mol. The Morgan fingerprint density at radius 3 is 2.29 bits per heavy atom. The van der Waals surface area contributed by atoms with E-state index in [4.69, 9.17) is 11.6 Å².